The Kier molecular flexibility index (Phi) is 6.08. The summed E-state index contributed by atoms with van der Waals surface area (Å²) in [6.45, 7) is 2.49. The first-order chi connectivity index (χ1) is 13.0. The predicted octanol–water partition coefficient (Wildman–Crippen LogP) is 4.45. The predicted molar refractivity (Wildman–Crippen MR) is 106 cm³/mol. The topological polar surface area (TPSA) is 68.0 Å². The van der Waals surface area contributed by atoms with E-state index in [1.54, 1.807) is 11.8 Å². The molecule has 1 heterocycles. The fraction of sp³-hybridized carbons (Fsp3) is 0.143. The van der Waals surface area contributed by atoms with Crippen LogP contribution in [-0.2, 0) is 13.0 Å². The highest BCUT2D eigenvalue weighted by Gasteiger charge is 2.11. The van der Waals surface area contributed by atoms with Crippen LogP contribution in [0.3, 0.4) is 0 Å². The highest BCUT2D eigenvalue weighted by molar-refractivity contribution is 7.99. The lowest BCUT2D eigenvalue weighted by Gasteiger charge is -2.08. The highest BCUT2D eigenvalue weighted by Crippen LogP contribution is 2.28. The molecule has 138 valence electrons. The molecule has 0 aliphatic rings. The number of nitrogen functional groups attached to an aromatic ring is 1. The first kappa shape index (κ1) is 18.9. The molecule has 0 spiro atoms. The molecule has 0 unspecified atom stereocenters. The van der Waals surface area contributed by atoms with Gasteiger partial charge in [0.1, 0.15) is 5.82 Å². The second kappa shape index (κ2) is 8.68. The third-order valence-corrected chi connectivity index (χ3v) is 5.09. The van der Waals surface area contributed by atoms with Crippen LogP contribution in [0.4, 0.5) is 10.2 Å². The number of aromatic nitrogens is 1. The average Bonchev–Trinajstić information content (AvgIpc) is 2.68. The molecule has 3 rings (SSSR count). The fourth-order valence-corrected chi connectivity index (χ4v) is 3.34. The lowest BCUT2D eigenvalue weighted by atomic mass is 10.2. The summed E-state index contributed by atoms with van der Waals surface area (Å²) in [5.41, 5.74) is 8.04. The summed E-state index contributed by atoms with van der Waals surface area (Å²) in [6, 6.07) is 19.0. The van der Waals surface area contributed by atoms with Gasteiger partial charge < -0.3 is 11.1 Å². The van der Waals surface area contributed by atoms with Gasteiger partial charge in [0.15, 0.2) is 0 Å². The first-order valence-electron chi connectivity index (χ1n) is 8.61. The molecule has 1 amide bonds. The van der Waals surface area contributed by atoms with Gasteiger partial charge in [-0.2, -0.15) is 4.39 Å². The van der Waals surface area contributed by atoms with Crippen molar-refractivity contribution in [2.24, 2.45) is 0 Å². The Labute approximate surface area is 162 Å². The zero-order valence-corrected chi connectivity index (χ0v) is 15.7. The highest BCUT2D eigenvalue weighted by atomic mass is 32.2. The van der Waals surface area contributed by atoms with Gasteiger partial charge in [-0.3, -0.25) is 4.79 Å². The molecule has 0 saturated heterocycles. The van der Waals surface area contributed by atoms with Crippen molar-refractivity contribution in [3.05, 3.63) is 83.3 Å². The van der Waals surface area contributed by atoms with E-state index >= 15 is 0 Å². The lowest BCUT2D eigenvalue weighted by molar-refractivity contribution is 0.0951. The van der Waals surface area contributed by atoms with E-state index in [2.05, 4.69) is 41.5 Å². The van der Waals surface area contributed by atoms with Gasteiger partial charge in [-0.1, -0.05) is 43.0 Å². The number of nitrogens with one attached hydrogen (secondary N) is 1. The van der Waals surface area contributed by atoms with Gasteiger partial charge in [-0.05, 0) is 53.9 Å². The minimum atomic E-state index is -0.707. The van der Waals surface area contributed by atoms with Gasteiger partial charge in [0, 0.05) is 16.3 Å². The zero-order chi connectivity index (χ0) is 19.2. The summed E-state index contributed by atoms with van der Waals surface area (Å²) < 4.78 is 13.0. The Morgan fingerprint density at radius 1 is 1.00 bits per heavy atom. The van der Waals surface area contributed by atoms with E-state index in [0.717, 1.165) is 22.9 Å². The number of carbonyl (C=O) groups excluding carboxylic acids is 1. The number of pyridine rings is 1. The molecule has 0 saturated carbocycles. The van der Waals surface area contributed by atoms with Crippen LogP contribution in [0, 0.1) is 5.95 Å². The molecule has 4 nitrogen and oxygen atoms in total. The summed E-state index contributed by atoms with van der Waals surface area (Å²) in [7, 11) is 0. The smallest absolute Gasteiger partial charge is 0.255 e. The normalized spacial score (nSPS) is 10.6. The number of carbonyl (C=O) groups is 1. The van der Waals surface area contributed by atoms with E-state index in [1.807, 2.05) is 24.3 Å². The van der Waals surface area contributed by atoms with Crippen LogP contribution in [0.5, 0.6) is 0 Å². The number of nitrogens with two attached hydrogens (primary N) is 1. The van der Waals surface area contributed by atoms with E-state index in [9.17, 15) is 9.18 Å². The molecule has 3 N–H and O–H groups in total. The van der Waals surface area contributed by atoms with E-state index in [1.165, 1.54) is 16.5 Å². The van der Waals surface area contributed by atoms with Gasteiger partial charge in [0.05, 0.1) is 5.56 Å². The quantitative estimate of drug-likeness (QED) is 0.619. The number of amides is 1. The van der Waals surface area contributed by atoms with E-state index in [0.29, 0.717) is 6.54 Å². The standard InChI is InChI=1S/C21H20FN3OS/c1-2-14-3-7-16(8-4-14)27-17-9-5-15(6-10-17)13-24-21(26)18-11-12-19(22)25-20(18)23/h3-12H,2,13H2,1H3,(H2,23,25)(H,24,26). The number of hydrogen-bond acceptors (Lipinski definition) is 4. The number of benzene rings is 2. The van der Waals surface area contributed by atoms with Gasteiger partial charge >= 0.3 is 0 Å². The maximum absolute atomic E-state index is 13.0. The van der Waals surface area contributed by atoms with Crippen LogP contribution in [0.1, 0.15) is 28.4 Å². The number of halogens is 1. The molecule has 6 heteroatoms. The molecule has 0 atom stereocenters. The molecule has 1 aromatic heterocycles. The Bertz CT molecular complexity index is 927. The molecule has 0 aliphatic heterocycles. The van der Waals surface area contributed by atoms with Crippen molar-refractivity contribution in [3.63, 3.8) is 0 Å². The van der Waals surface area contributed by atoms with Crippen molar-refractivity contribution in [2.45, 2.75) is 29.7 Å². The summed E-state index contributed by atoms with van der Waals surface area (Å²) in [5, 5.41) is 2.77. The van der Waals surface area contributed by atoms with Crippen molar-refractivity contribution in [1.82, 2.24) is 10.3 Å². The molecule has 0 bridgehead atoms. The van der Waals surface area contributed by atoms with Crippen molar-refractivity contribution in [3.8, 4) is 0 Å². The largest absolute Gasteiger partial charge is 0.383 e. The molecule has 2 aromatic carbocycles. The minimum Gasteiger partial charge on any atom is -0.383 e. The Morgan fingerprint density at radius 2 is 1.59 bits per heavy atom. The van der Waals surface area contributed by atoms with Crippen molar-refractivity contribution < 1.29 is 9.18 Å². The number of aryl methyl sites for hydroxylation is 1. The van der Waals surface area contributed by atoms with Gasteiger partial charge in [-0.15, -0.1) is 0 Å². The maximum Gasteiger partial charge on any atom is 0.255 e. The third kappa shape index (κ3) is 5.08. The average molecular weight is 381 g/mol. The molecular weight excluding hydrogens is 361 g/mol. The van der Waals surface area contributed by atoms with E-state index in [4.69, 9.17) is 5.73 Å². The van der Waals surface area contributed by atoms with Crippen LogP contribution < -0.4 is 11.1 Å². The maximum atomic E-state index is 13.0. The van der Waals surface area contributed by atoms with Gasteiger partial charge in [0.25, 0.3) is 5.91 Å². The van der Waals surface area contributed by atoms with Crippen LogP contribution in [0.2, 0.25) is 0 Å². The van der Waals surface area contributed by atoms with Crippen LogP contribution in [0.15, 0.2) is 70.5 Å². The summed E-state index contributed by atoms with van der Waals surface area (Å²) in [6.07, 6.45) is 1.03. The summed E-state index contributed by atoms with van der Waals surface area (Å²) >= 11 is 1.69. The minimum absolute atomic E-state index is 0.117. The summed E-state index contributed by atoms with van der Waals surface area (Å²) in [4.78, 5) is 17.9. The van der Waals surface area contributed by atoms with Crippen LogP contribution in [0.25, 0.3) is 0 Å². The first-order valence-corrected chi connectivity index (χ1v) is 9.42. The molecule has 0 aliphatic carbocycles. The third-order valence-electron chi connectivity index (χ3n) is 4.08. The van der Waals surface area contributed by atoms with Crippen LogP contribution >= 0.6 is 11.8 Å². The number of anilines is 1. The second-order valence-electron chi connectivity index (χ2n) is 5.99. The fourth-order valence-electron chi connectivity index (χ4n) is 2.52. The van der Waals surface area contributed by atoms with Crippen LogP contribution in [-0.4, -0.2) is 10.9 Å². The monoisotopic (exact) mass is 381 g/mol. The van der Waals surface area contributed by atoms with Crippen molar-refractivity contribution >= 4 is 23.5 Å². The lowest BCUT2D eigenvalue weighted by Crippen LogP contribution is -2.24. The molecule has 3 aromatic rings. The van der Waals surface area contributed by atoms with E-state index < -0.39 is 5.95 Å². The number of rotatable bonds is 6. The SMILES string of the molecule is CCc1ccc(Sc2ccc(CNC(=O)c3ccc(F)nc3N)cc2)cc1. The number of nitrogens with zero attached hydrogens (tertiary/aromatic N) is 1. The molecular formula is C21H20FN3OS. The summed E-state index contributed by atoms with van der Waals surface area (Å²) in [5.74, 6) is -1.20. The molecule has 0 fully saturated rings. The second-order valence-corrected chi connectivity index (χ2v) is 7.14. The Morgan fingerprint density at radius 3 is 2.15 bits per heavy atom. The zero-order valence-electron chi connectivity index (χ0n) is 14.9. The Hall–Kier alpha value is -2.86. The Balaban J connectivity index is 1.57. The van der Waals surface area contributed by atoms with Gasteiger partial charge in [0.2, 0.25) is 5.95 Å². The van der Waals surface area contributed by atoms with Crippen molar-refractivity contribution in [1.29, 1.82) is 0 Å². The molecule has 27 heavy (non-hydrogen) atoms. The molecule has 0 radical (unpaired) electrons. The van der Waals surface area contributed by atoms with Crippen molar-refractivity contribution in [2.75, 3.05) is 5.73 Å². The van der Waals surface area contributed by atoms with E-state index in [-0.39, 0.29) is 17.3 Å². The van der Waals surface area contributed by atoms with Gasteiger partial charge in [-0.25, -0.2) is 4.98 Å². The number of hydrogen-bond donors (Lipinski definition) is 2.